The summed E-state index contributed by atoms with van der Waals surface area (Å²) in [6.45, 7) is 0. The number of nitrogens with one attached hydrogen (secondary N) is 1. The summed E-state index contributed by atoms with van der Waals surface area (Å²) in [5, 5.41) is 13.5. The summed E-state index contributed by atoms with van der Waals surface area (Å²) in [6, 6.07) is 10.2. The van der Waals surface area contributed by atoms with E-state index >= 15 is 0 Å². The van der Waals surface area contributed by atoms with E-state index in [1.54, 1.807) is 44.6 Å². The van der Waals surface area contributed by atoms with Crippen LogP contribution in [0.2, 0.25) is 5.28 Å². The molecule has 0 aliphatic heterocycles. The van der Waals surface area contributed by atoms with Gasteiger partial charge in [0.15, 0.2) is 11.5 Å². The molecular weight excluding hydrogens is 318 g/mol. The Kier molecular flexibility index (Phi) is 4.08. The molecule has 0 aliphatic carbocycles. The summed E-state index contributed by atoms with van der Waals surface area (Å²) >= 11 is 6.01. The average molecular weight is 332 g/mol. The summed E-state index contributed by atoms with van der Waals surface area (Å²) < 4.78 is 10.6. The fourth-order valence-electron chi connectivity index (χ4n) is 2.24. The number of phenols is 1. The molecule has 0 saturated carbocycles. The van der Waals surface area contributed by atoms with Gasteiger partial charge in [0, 0.05) is 23.2 Å². The van der Waals surface area contributed by atoms with Gasteiger partial charge in [0.25, 0.3) is 0 Å². The molecule has 0 aliphatic rings. The van der Waals surface area contributed by atoms with Crippen LogP contribution >= 0.6 is 11.6 Å². The third-order valence-corrected chi connectivity index (χ3v) is 3.45. The Morgan fingerprint density at radius 2 is 1.78 bits per heavy atom. The predicted octanol–water partition coefficient (Wildman–Crippen LogP) is 3.75. The summed E-state index contributed by atoms with van der Waals surface area (Å²) in [7, 11) is 3.11. The Morgan fingerprint density at radius 3 is 2.48 bits per heavy atom. The summed E-state index contributed by atoms with van der Waals surface area (Å²) in [5.74, 6) is 1.77. The van der Waals surface area contributed by atoms with Crippen LogP contribution in [0.3, 0.4) is 0 Å². The van der Waals surface area contributed by atoms with Crippen molar-refractivity contribution >= 4 is 34.0 Å². The number of halogens is 1. The van der Waals surface area contributed by atoms with Crippen LogP contribution in [0.1, 0.15) is 0 Å². The highest BCUT2D eigenvalue weighted by Gasteiger charge is 2.13. The second-order valence-electron chi connectivity index (χ2n) is 4.74. The molecule has 0 saturated heterocycles. The molecule has 0 amide bonds. The normalized spacial score (nSPS) is 10.6. The van der Waals surface area contributed by atoms with Gasteiger partial charge in [-0.15, -0.1) is 0 Å². The molecule has 0 atom stereocenters. The molecule has 2 N–H and O–H groups in total. The number of aromatic hydroxyl groups is 1. The first-order valence-electron chi connectivity index (χ1n) is 6.76. The fourth-order valence-corrected chi connectivity index (χ4v) is 2.42. The van der Waals surface area contributed by atoms with E-state index in [4.69, 9.17) is 21.1 Å². The SMILES string of the molecule is COc1cc2nc(Cl)nc(Nc3cccc(O)c3)c2cc1OC. The van der Waals surface area contributed by atoms with E-state index in [9.17, 15) is 5.11 Å². The molecule has 1 heterocycles. The van der Waals surface area contributed by atoms with E-state index in [1.807, 2.05) is 6.07 Å². The maximum absolute atomic E-state index is 9.57. The van der Waals surface area contributed by atoms with E-state index in [0.29, 0.717) is 28.5 Å². The number of rotatable bonds is 4. The minimum Gasteiger partial charge on any atom is -0.508 e. The molecule has 118 valence electrons. The van der Waals surface area contributed by atoms with Gasteiger partial charge in [-0.25, -0.2) is 4.98 Å². The molecule has 3 rings (SSSR count). The van der Waals surface area contributed by atoms with Gasteiger partial charge in [-0.2, -0.15) is 4.98 Å². The lowest BCUT2D eigenvalue weighted by molar-refractivity contribution is 0.356. The van der Waals surface area contributed by atoms with Crippen molar-refractivity contribution in [1.29, 1.82) is 0 Å². The maximum Gasteiger partial charge on any atom is 0.224 e. The first kappa shape index (κ1) is 15.2. The molecule has 23 heavy (non-hydrogen) atoms. The topological polar surface area (TPSA) is 76.5 Å². The number of aromatic nitrogens is 2. The van der Waals surface area contributed by atoms with Crippen LogP contribution in [-0.4, -0.2) is 29.3 Å². The van der Waals surface area contributed by atoms with Crippen LogP contribution in [0.15, 0.2) is 36.4 Å². The van der Waals surface area contributed by atoms with Crippen molar-refractivity contribution in [3.05, 3.63) is 41.7 Å². The largest absolute Gasteiger partial charge is 0.508 e. The predicted molar refractivity (Wildman–Crippen MR) is 89.0 cm³/mol. The molecule has 0 spiro atoms. The lowest BCUT2D eigenvalue weighted by Gasteiger charge is -2.12. The van der Waals surface area contributed by atoms with Crippen molar-refractivity contribution in [1.82, 2.24) is 9.97 Å². The molecule has 0 bridgehead atoms. The Hall–Kier alpha value is -2.73. The number of ether oxygens (including phenoxy) is 2. The molecule has 0 radical (unpaired) electrons. The van der Waals surface area contributed by atoms with E-state index in [2.05, 4.69) is 15.3 Å². The van der Waals surface area contributed by atoms with Crippen molar-refractivity contribution in [3.63, 3.8) is 0 Å². The smallest absolute Gasteiger partial charge is 0.224 e. The van der Waals surface area contributed by atoms with Gasteiger partial charge in [0.05, 0.1) is 19.7 Å². The number of fused-ring (bicyclic) bond motifs is 1. The van der Waals surface area contributed by atoms with Crippen LogP contribution in [0.4, 0.5) is 11.5 Å². The molecule has 1 aromatic heterocycles. The number of hydrogen-bond donors (Lipinski definition) is 2. The monoisotopic (exact) mass is 331 g/mol. The number of methoxy groups -OCH3 is 2. The van der Waals surface area contributed by atoms with E-state index in [0.717, 1.165) is 5.39 Å². The van der Waals surface area contributed by atoms with Crippen LogP contribution in [0.25, 0.3) is 10.9 Å². The minimum atomic E-state index is 0.104. The highest BCUT2D eigenvalue weighted by molar-refractivity contribution is 6.28. The minimum absolute atomic E-state index is 0.104. The highest BCUT2D eigenvalue weighted by Crippen LogP contribution is 2.35. The van der Waals surface area contributed by atoms with Crippen LogP contribution in [-0.2, 0) is 0 Å². The lowest BCUT2D eigenvalue weighted by atomic mass is 10.2. The van der Waals surface area contributed by atoms with Crippen molar-refractivity contribution < 1.29 is 14.6 Å². The Morgan fingerprint density at radius 1 is 1.04 bits per heavy atom. The quantitative estimate of drug-likeness (QED) is 0.709. The summed E-state index contributed by atoms with van der Waals surface area (Å²) in [4.78, 5) is 8.43. The molecular formula is C16H14ClN3O3. The Bertz CT molecular complexity index is 871. The second kappa shape index (κ2) is 6.18. The molecule has 0 fully saturated rings. The standard InChI is InChI=1S/C16H14ClN3O3/c1-22-13-7-11-12(8-14(13)23-2)19-16(17)20-15(11)18-9-4-3-5-10(21)6-9/h3-8,21H,1-2H3,(H,18,19,20). The number of hydrogen-bond acceptors (Lipinski definition) is 6. The van der Waals surface area contributed by atoms with Gasteiger partial charge >= 0.3 is 0 Å². The Balaban J connectivity index is 2.15. The average Bonchev–Trinajstić information content (AvgIpc) is 2.53. The van der Waals surface area contributed by atoms with Gasteiger partial charge < -0.3 is 19.9 Å². The lowest BCUT2D eigenvalue weighted by Crippen LogP contribution is -1.99. The van der Waals surface area contributed by atoms with Crippen LogP contribution < -0.4 is 14.8 Å². The summed E-state index contributed by atoms with van der Waals surface area (Å²) in [6.07, 6.45) is 0. The number of nitrogens with zero attached hydrogens (tertiary/aromatic N) is 2. The molecule has 7 heteroatoms. The van der Waals surface area contributed by atoms with Gasteiger partial charge in [-0.05, 0) is 29.8 Å². The number of benzene rings is 2. The second-order valence-corrected chi connectivity index (χ2v) is 5.08. The van der Waals surface area contributed by atoms with Crippen molar-refractivity contribution in [3.8, 4) is 17.2 Å². The van der Waals surface area contributed by atoms with Crippen molar-refractivity contribution in [2.75, 3.05) is 19.5 Å². The molecule has 0 unspecified atom stereocenters. The van der Waals surface area contributed by atoms with E-state index in [-0.39, 0.29) is 11.0 Å². The zero-order valence-corrected chi connectivity index (χ0v) is 13.3. The first-order valence-corrected chi connectivity index (χ1v) is 7.14. The zero-order valence-electron chi connectivity index (χ0n) is 12.5. The highest BCUT2D eigenvalue weighted by atomic mass is 35.5. The number of phenolic OH excluding ortho intramolecular Hbond substituents is 1. The molecule has 2 aromatic carbocycles. The third kappa shape index (κ3) is 3.07. The van der Waals surface area contributed by atoms with E-state index in [1.165, 1.54) is 0 Å². The zero-order chi connectivity index (χ0) is 16.4. The van der Waals surface area contributed by atoms with Gasteiger partial charge in [-0.1, -0.05) is 6.07 Å². The van der Waals surface area contributed by atoms with Crippen LogP contribution in [0, 0.1) is 0 Å². The number of anilines is 2. The van der Waals surface area contributed by atoms with Gasteiger partial charge in [0.2, 0.25) is 5.28 Å². The summed E-state index contributed by atoms with van der Waals surface area (Å²) in [5.41, 5.74) is 1.29. The first-order chi connectivity index (χ1) is 11.1. The molecule has 3 aromatic rings. The van der Waals surface area contributed by atoms with Gasteiger partial charge in [-0.3, -0.25) is 0 Å². The van der Waals surface area contributed by atoms with Crippen molar-refractivity contribution in [2.45, 2.75) is 0 Å². The molecule has 6 nitrogen and oxygen atoms in total. The fraction of sp³-hybridized carbons (Fsp3) is 0.125. The van der Waals surface area contributed by atoms with Crippen molar-refractivity contribution in [2.24, 2.45) is 0 Å². The van der Waals surface area contributed by atoms with Gasteiger partial charge in [0.1, 0.15) is 11.6 Å². The maximum atomic E-state index is 9.57. The van der Waals surface area contributed by atoms with E-state index < -0.39 is 0 Å². The van der Waals surface area contributed by atoms with Crippen LogP contribution in [0.5, 0.6) is 17.2 Å². The Labute approximate surface area is 137 Å². The third-order valence-electron chi connectivity index (χ3n) is 3.28.